The molecule has 0 spiro atoms. The highest BCUT2D eigenvalue weighted by Gasteiger charge is 2.31. The molecule has 0 aromatic heterocycles. The minimum Gasteiger partial charge on any atom is -0.350 e. The number of sulfonamides is 1. The lowest BCUT2D eigenvalue weighted by Gasteiger charge is -2.24. The van der Waals surface area contributed by atoms with Crippen LogP contribution in [0.25, 0.3) is 0 Å². The van der Waals surface area contributed by atoms with Gasteiger partial charge in [0, 0.05) is 29.9 Å². The van der Waals surface area contributed by atoms with Gasteiger partial charge in [0.1, 0.15) is 0 Å². The van der Waals surface area contributed by atoms with Gasteiger partial charge in [0.2, 0.25) is 0 Å². The summed E-state index contributed by atoms with van der Waals surface area (Å²) < 4.78 is 65.6. The van der Waals surface area contributed by atoms with E-state index in [1.165, 1.54) is 43.2 Å². The van der Waals surface area contributed by atoms with Gasteiger partial charge >= 0.3 is 6.18 Å². The van der Waals surface area contributed by atoms with Crippen LogP contribution >= 0.6 is 0 Å². The standard InChI is InChI=1S/C21H24F3N3O3S/c1-14(27(2)18-8-9-18)13-25-20(28)15-6-10-19(11-7-15)31(29,30)26-17-5-3-4-16(12-17)21(22,23)24/h3-7,10-12,14,18,26H,8-9,13H2,1-2H3,(H,25,28). The lowest BCUT2D eigenvalue weighted by molar-refractivity contribution is -0.137. The first-order valence-electron chi connectivity index (χ1n) is 9.77. The van der Waals surface area contributed by atoms with Gasteiger partial charge in [-0.15, -0.1) is 0 Å². The van der Waals surface area contributed by atoms with Crippen molar-refractivity contribution in [1.29, 1.82) is 0 Å². The Morgan fingerprint density at radius 2 is 1.81 bits per heavy atom. The van der Waals surface area contributed by atoms with Crippen molar-refractivity contribution in [2.45, 2.75) is 42.9 Å². The van der Waals surface area contributed by atoms with Crippen LogP contribution in [0.5, 0.6) is 0 Å². The van der Waals surface area contributed by atoms with Crippen molar-refractivity contribution in [2.24, 2.45) is 0 Å². The van der Waals surface area contributed by atoms with Crippen LogP contribution in [0.15, 0.2) is 53.4 Å². The van der Waals surface area contributed by atoms with Crippen LogP contribution < -0.4 is 10.0 Å². The number of likely N-dealkylation sites (N-methyl/N-ethyl adjacent to an activating group) is 1. The maximum Gasteiger partial charge on any atom is 0.416 e. The number of anilines is 1. The van der Waals surface area contributed by atoms with Gasteiger partial charge in [-0.05, 0) is 69.3 Å². The highest BCUT2D eigenvalue weighted by atomic mass is 32.2. The molecule has 2 aromatic rings. The monoisotopic (exact) mass is 455 g/mol. The molecule has 1 fully saturated rings. The summed E-state index contributed by atoms with van der Waals surface area (Å²) in [6.07, 6.45) is -2.25. The molecule has 1 amide bonds. The van der Waals surface area contributed by atoms with Crippen LogP contribution in [-0.2, 0) is 16.2 Å². The molecule has 6 nitrogen and oxygen atoms in total. The molecule has 31 heavy (non-hydrogen) atoms. The Hall–Kier alpha value is -2.59. The van der Waals surface area contributed by atoms with Gasteiger partial charge < -0.3 is 5.32 Å². The van der Waals surface area contributed by atoms with E-state index in [2.05, 4.69) is 14.9 Å². The van der Waals surface area contributed by atoms with Crippen molar-refractivity contribution in [2.75, 3.05) is 18.3 Å². The summed E-state index contributed by atoms with van der Waals surface area (Å²) in [5.41, 5.74) is -0.869. The first-order valence-corrected chi connectivity index (χ1v) is 11.3. The predicted molar refractivity (Wildman–Crippen MR) is 111 cm³/mol. The fourth-order valence-corrected chi connectivity index (χ4v) is 4.14. The van der Waals surface area contributed by atoms with Crippen molar-refractivity contribution in [3.05, 3.63) is 59.7 Å². The second-order valence-electron chi connectivity index (χ2n) is 7.66. The van der Waals surface area contributed by atoms with Crippen LogP contribution in [0.2, 0.25) is 0 Å². The van der Waals surface area contributed by atoms with Crippen LogP contribution in [0, 0.1) is 0 Å². The van der Waals surface area contributed by atoms with E-state index in [0.717, 1.165) is 18.2 Å². The minimum absolute atomic E-state index is 0.164. The van der Waals surface area contributed by atoms with Crippen LogP contribution in [-0.4, -0.2) is 44.9 Å². The first kappa shape index (κ1) is 23.1. The van der Waals surface area contributed by atoms with Crippen molar-refractivity contribution in [1.82, 2.24) is 10.2 Å². The quantitative estimate of drug-likeness (QED) is 0.636. The summed E-state index contributed by atoms with van der Waals surface area (Å²) in [7, 11) is -2.09. The molecule has 1 aliphatic rings. The number of amides is 1. The highest BCUT2D eigenvalue weighted by Crippen LogP contribution is 2.31. The molecule has 168 valence electrons. The number of hydrogen-bond acceptors (Lipinski definition) is 4. The number of carbonyl (C=O) groups excluding carboxylic acids is 1. The fraction of sp³-hybridized carbons (Fsp3) is 0.381. The minimum atomic E-state index is -4.58. The van der Waals surface area contributed by atoms with Crippen LogP contribution in [0.3, 0.4) is 0 Å². The Labute approximate surface area is 179 Å². The lowest BCUT2D eigenvalue weighted by Crippen LogP contribution is -2.41. The third-order valence-corrected chi connectivity index (χ3v) is 6.64. The molecule has 2 aromatic carbocycles. The number of alkyl halides is 3. The van der Waals surface area contributed by atoms with E-state index in [-0.39, 0.29) is 22.5 Å². The Kier molecular flexibility index (Phi) is 6.61. The van der Waals surface area contributed by atoms with Gasteiger partial charge in [-0.1, -0.05) is 6.07 Å². The van der Waals surface area contributed by atoms with Gasteiger partial charge in [-0.3, -0.25) is 14.4 Å². The number of benzene rings is 2. The van der Waals surface area contributed by atoms with Gasteiger partial charge in [-0.25, -0.2) is 8.42 Å². The van der Waals surface area contributed by atoms with E-state index < -0.39 is 21.8 Å². The molecule has 10 heteroatoms. The van der Waals surface area contributed by atoms with E-state index in [0.29, 0.717) is 18.2 Å². The van der Waals surface area contributed by atoms with E-state index >= 15 is 0 Å². The maximum atomic E-state index is 12.8. The van der Waals surface area contributed by atoms with Gasteiger partial charge in [0.05, 0.1) is 10.5 Å². The summed E-state index contributed by atoms with van der Waals surface area (Å²) in [5, 5.41) is 2.83. The van der Waals surface area contributed by atoms with E-state index in [4.69, 9.17) is 0 Å². The van der Waals surface area contributed by atoms with E-state index in [9.17, 15) is 26.4 Å². The summed E-state index contributed by atoms with van der Waals surface area (Å²) >= 11 is 0. The molecule has 0 heterocycles. The third-order valence-electron chi connectivity index (χ3n) is 5.25. The average Bonchev–Trinajstić information content (AvgIpc) is 3.56. The molecule has 2 N–H and O–H groups in total. The van der Waals surface area contributed by atoms with Gasteiger partial charge in [0.15, 0.2) is 0 Å². The molecule has 1 saturated carbocycles. The molecule has 1 atom stereocenters. The summed E-state index contributed by atoms with van der Waals surface area (Å²) in [6, 6.07) is 9.89. The zero-order chi connectivity index (χ0) is 22.8. The third kappa shape index (κ3) is 5.98. The van der Waals surface area contributed by atoms with E-state index in [1.807, 2.05) is 14.0 Å². The number of nitrogens with zero attached hydrogens (tertiary/aromatic N) is 1. The summed E-state index contributed by atoms with van der Waals surface area (Å²) in [5.74, 6) is -0.328. The Morgan fingerprint density at radius 3 is 2.39 bits per heavy atom. The van der Waals surface area contributed by atoms with Crippen molar-refractivity contribution in [3.63, 3.8) is 0 Å². The number of nitrogens with one attached hydrogen (secondary N) is 2. The molecule has 0 bridgehead atoms. The number of hydrogen-bond donors (Lipinski definition) is 2. The highest BCUT2D eigenvalue weighted by molar-refractivity contribution is 7.92. The molecular formula is C21H24F3N3O3S. The zero-order valence-corrected chi connectivity index (χ0v) is 17.9. The Balaban J connectivity index is 1.63. The van der Waals surface area contributed by atoms with Gasteiger partial charge in [0.25, 0.3) is 15.9 Å². The molecule has 1 aliphatic carbocycles. The second-order valence-corrected chi connectivity index (χ2v) is 9.35. The average molecular weight is 456 g/mol. The van der Waals surface area contributed by atoms with Crippen molar-refractivity contribution < 1.29 is 26.4 Å². The fourth-order valence-electron chi connectivity index (χ4n) is 3.09. The molecule has 3 rings (SSSR count). The summed E-state index contributed by atoms with van der Waals surface area (Å²) in [6.45, 7) is 2.48. The van der Waals surface area contributed by atoms with E-state index in [1.54, 1.807) is 0 Å². The Bertz CT molecular complexity index is 1040. The topological polar surface area (TPSA) is 78.5 Å². The van der Waals surface area contributed by atoms with Crippen LogP contribution in [0.1, 0.15) is 35.7 Å². The predicted octanol–water partition coefficient (Wildman–Crippen LogP) is 3.72. The lowest BCUT2D eigenvalue weighted by atomic mass is 10.2. The molecule has 1 unspecified atom stereocenters. The molecular weight excluding hydrogens is 431 g/mol. The van der Waals surface area contributed by atoms with Gasteiger partial charge in [-0.2, -0.15) is 13.2 Å². The molecule has 0 radical (unpaired) electrons. The normalized spacial score (nSPS) is 15.5. The van der Waals surface area contributed by atoms with Crippen LogP contribution in [0.4, 0.5) is 18.9 Å². The summed E-state index contributed by atoms with van der Waals surface area (Å²) in [4.78, 5) is 14.4. The SMILES string of the molecule is CC(CNC(=O)c1ccc(S(=O)(=O)Nc2cccc(C(F)(F)F)c2)cc1)N(C)C1CC1. The first-order chi connectivity index (χ1) is 14.5. The molecule has 0 saturated heterocycles. The number of carbonyl (C=O) groups is 1. The number of rotatable bonds is 8. The number of halogens is 3. The second kappa shape index (κ2) is 8.88. The smallest absolute Gasteiger partial charge is 0.350 e. The largest absolute Gasteiger partial charge is 0.416 e. The van der Waals surface area contributed by atoms with Crippen molar-refractivity contribution in [3.8, 4) is 0 Å². The zero-order valence-electron chi connectivity index (χ0n) is 17.1. The van der Waals surface area contributed by atoms with Crippen molar-refractivity contribution >= 4 is 21.6 Å². The Morgan fingerprint density at radius 1 is 1.16 bits per heavy atom. The molecule has 0 aliphatic heterocycles. The maximum absolute atomic E-state index is 12.8.